The van der Waals surface area contributed by atoms with Crippen molar-refractivity contribution >= 4 is 24.0 Å². The van der Waals surface area contributed by atoms with Gasteiger partial charge in [0.2, 0.25) is 11.8 Å². The van der Waals surface area contributed by atoms with E-state index in [1.807, 2.05) is 49.9 Å². The van der Waals surface area contributed by atoms with Crippen molar-refractivity contribution in [1.29, 1.82) is 0 Å². The van der Waals surface area contributed by atoms with Crippen molar-refractivity contribution in [3.63, 3.8) is 0 Å². The van der Waals surface area contributed by atoms with Gasteiger partial charge in [0, 0.05) is 18.7 Å². The number of hydrogen-bond acceptors (Lipinski definition) is 8. The summed E-state index contributed by atoms with van der Waals surface area (Å²) in [7, 11) is 2.61. The van der Waals surface area contributed by atoms with Crippen LogP contribution in [0.1, 0.15) is 129 Å². The topological polar surface area (TPSA) is 175 Å². The van der Waals surface area contributed by atoms with Gasteiger partial charge < -0.3 is 39.9 Å². The molecule has 1 spiro atoms. The van der Waals surface area contributed by atoms with Crippen LogP contribution in [0.4, 0.5) is 9.59 Å². The number of rotatable bonds is 11. The minimum Gasteiger partial charge on any atom is -0.453 e. The van der Waals surface area contributed by atoms with E-state index in [2.05, 4.69) is 84.7 Å². The van der Waals surface area contributed by atoms with E-state index in [0.717, 1.165) is 59.8 Å². The zero-order chi connectivity index (χ0) is 46.6. The number of nitrogens with zero attached hydrogens (tertiary/aromatic N) is 4. The Bertz CT molecular complexity index is 2430. The number of carbonyl (C=O) groups is 4. The van der Waals surface area contributed by atoms with Gasteiger partial charge in [-0.15, -0.1) is 0 Å². The summed E-state index contributed by atoms with van der Waals surface area (Å²) in [5, 5.41) is 5.52. The Balaban J connectivity index is 1.06. The maximum atomic E-state index is 14.1. The molecule has 0 bridgehead atoms. The van der Waals surface area contributed by atoms with Crippen LogP contribution in [0.2, 0.25) is 0 Å². The number of H-pyrrole nitrogens is 2. The first-order valence-electron chi connectivity index (χ1n) is 23.5. The van der Waals surface area contributed by atoms with E-state index in [9.17, 15) is 19.2 Å². The molecule has 4 atom stereocenters. The number of hydrogen-bond donors (Lipinski definition) is 4. The lowest BCUT2D eigenvalue weighted by Gasteiger charge is -2.30. The first kappa shape index (κ1) is 45.9. The van der Waals surface area contributed by atoms with Gasteiger partial charge in [-0.25, -0.2) is 19.6 Å². The lowest BCUT2D eigenvalue weighted by molar-refractivity contribution is -0.136. The molecule has 14 nitrogen and oxygen atoms in total. The highest BCUT2D eigenvalue weighted by Gasteiger charge is 2.47. The number of methoxy groups -OCH3 is 2. The van der Waals surface area contributed by atoms with Crippen molar-refractivity contribution < 1.29 is 28.7 Å². The van der Waals surface area contributed by atoms with Crippen molar-refractivity contribution in [3.8, 4) is 33.6 Å². The summed E-state index contributed by atoms with van der Waals surface area (Å²) in [6.07, 6.45) is 11.1. The maximum absolute atomic E-state index is 14.1. The summed E-state index contributed by atoms with van der Waals surface area (Å²) < 4.78 is 9.71. The Morgan fingerprint density at radius 1 is 0.646 bits per heavy atom. The molecule has 348 valence electrons. The highest BCUT2D eigenvalue weighted by atomic mass is 16.5. The minimum absolute atomic E-state index is 0.126. The number of amides is 4. The van der Waals surface area contributed by atoms with Crippen LogP contribution < -0.4 is 10.6 Å². The second-order valence-corrected chi connectivity index (χ2v) is 21.5. The van der Waals surface area contributed by atoms with Crippen molar-refractivity contribution in [2.45, 2.75) is 131 Å². The Morgan fingerprint density at radius 3 is 1.55 bits per heavy atom. The average Bonchev–Trinajstić information content (AvgIpc) is 4.14. The number of benzene rings is 2. The van der Waals surface area contributed by atoms with Crippen LogP contribution in [0.3, 0.4) is 0 Å². The Morgan fingerprint density at radius 2 is 1.08 bits per heavy atom. The van der Waals surface area contributed by atoms with Crippen LogP contribution >= 0.6 is 0 Å². The summed E-state index contributed by atoms with van der Waals surface area (Å²) in [5.41, 5.74) is 9.18. The number of alkyl carbamates (subject to hydrolysis) is 2. The molecule has 1 saturated carbocycles. The van der Waals surface area contributed by atoms with E-state index in [4.69, 9.17) is 19.4 Å². The van der Waals surface area contributed by atoms with Gasteiger partial charge in [0.05, 0.1) is 50.1 Å². The zero-order valence-electron chi connectivity index (χ0n) is 39.9. The van der Waals surface area contributed by atoms with Crippen LogP contribution in [-0.4, -0.2) is 93.1 Å². The van der Waals surface area contributed by atoms with E-state index in [0.29, 0.717) is 13.1 Å². The summed E-state index contributed by atoms with van der Waals surface area (Å²) in [6, 6.07) is 11.2. The molecule has 4 unspecified atom stereocenters. The molecule has 0 radical (unpaired) electrons. The average molecular weight is 889 g/mol. The molecule has 4 aromatic rings. The molecule has 2 aromatic carbocycles. The largest absolute Gasteiger partial charge is 0.453 e. The number of carbonyl (C=O) groups excluding carboxylic acids is 4. The van der Waals surface area contributed by atoms with Gasteiger partial charge >= 0.3 is 12.2 Å². The Labute approximate surface area is 383 Å². The lowest BCUT2D eigenvalue weighted by atomic mass is 9.82. The van der Waals surface area contributed by atoms with Gasteiger partial charge in [-0.05, 0) is 94.4 Å². The number of imidazole rings is 2. The van der Waals surface area contributed by atoms with Crippen LogP contribution in [-0.2, 0) is 31.9 Å². The minimum atomic E-state index is -0.716. The number of ether oxygens (including phenoxy) is 2. The molecule has 2 aliphatic heterocycles. The predicted octanol–water partition coefficient (Wildman–Crippen LogP) is 9.15. The predicted molar refractivity (Wildman–Crippen MR) is 249 cm³/mol. The van der Waals surface area contributed by atoms with Gasteiger partial charge in [0.25, 0.3) is 0 Å². The standard InChI is InChI=1S/C51H68N8O6/c1-29(2)41(56-47(62)64-9)45(60)58-27-49(5,6)23-39(58)43-52-25-37(54-43)32-15-13-31(14-16-32)33-17-18-34(36-22-51(21-35(33)36)19-11-12-20-51)38-26-53-44(55-38)40-24-50(7,8)28-59(40)46(61)42(30(3)4)57-48(63)65-10/h13-18,25-26,29-30,39-42H,11-12,19-24,27-28H2,1-10H3,(H,52,54)(H,53,55)(H,56,62)(H,57,63). The van der Waals surface area contributed by atoms with E-state index >= 15 is 0 Å². The number of likely N-dealkylation sites (tertiary alicyclic amines) is 2. The Hall–Kier alpha value is -5.66. The third-order valence-electron chi connectivity index (χ3n) is 14.6. The summed E-state index contributed by atoms with van der Waals surface area (Å²) in [4.78, 5) is 73.3. The molecule has 2 saturated heterocycles. The second-order valence-electron chi connectivity index (χ2n) is 21.5. The normalized spacial score (nSPS) is 21.5. The molecule has 2 aromatic heterocycles. The third-order valence-corrected chi connectivity index (χ3v) is 14.6. The second kappa shape index (κ2) is 17.6. The van der Waals surface area contributed by atoms with Gasteiger partial charge in [0.15, 0.2) is 0 Å². The van der Waals surface area contributed by atoms with Gasteiger partial charge in [0.1, 0.15) is 23.7 Å². The van der Waals surface area contributed by atoms with Crippen molar-refractivity contribution in [2.75, 3.05) is 27.3 Å². The van der Waals surface area contributed by atoms with Crippen molar-refractivity contribution in [2.24, 2.45) is 28.1 Å². The molecule has 3 fully saturated rings. The molecular formula is C51H68N8O6. The number of aromatic amines is 2. The first-order chi connectivity index (χ1) is 30.8. The SMILES string of the molecule is COC(=O)NC(C(=O)N1CC(C)(C)CC1c1ncc(-c2ccc(-c3ccc(-c4cnc(C5CC(C)(C)CN5C(=O)C(NC(=O)OC)C(C)C)[nH]4)c4c3CC3(CCCC3)C4)cc2)[nH]1)C(C)C. The quantitative estimate of drug-likeness (QED) is 0.115. The molecular weight excluding hydrogens is 821 g/mol. The fourth-order valence-electron chi connectivity index (χ4n) is 11.3. The molecule has 4 N–H and O–H groups in total. The van der Waals surface area contributed by atoms with E-state index in [1.54, 1.807) is 0 Å². The summed E-state index contributed by atoms with van der Waals surface area (Å²) >= 11 is 0. The van der Waals surface area contributed by atoms with E-state index in [1.165, 1.54) is 62.2 Å². The number of aromatic nitrogens is 4. The van der Waals surface area contributed by atoms with E-state index < -0.39 is 24.3 Å². The maximum Gasteiger partial charge on any atom is 0.407 e. The molecule has 65 heavy (non-hydrogen) atoms. The fraction of sp³-hybridized carbons (Fsp3) is 0.569. The molecule has 4 amide bonds. The molecule has 8 rings (SSSR count). The third kappa shape index (κ3) is 9.14. The van der Waals surface area contributed by atoms with Crippen molar-refractivity contribution in [3.05, 3.63) is 71.6 Å². The summed E-state index contributed by atoms with van der Waals surface area (Å²) in [5.74, 6) is 0.963. The van der Waals surface area contributed by atoms with Crippen LogP contribution in [0, 0.1) is 28.1 Å². The first-order valence-corrected chi connectivity index (χ1v) is 23.5. The van der Waals surface area contributed by atoms with Crippen molar-refractivity contribution in [1.82, 2.24) is 40.4 Å². The number of nitrogens with one attached hydrogen (secondary N) is 4. The van der Waals surface area contributed by atoms with Gasteiger partial charge in [-0.2, -0.15) is 0 Å². The highest BCUT2D eigenvalue weighted by molar-refractivity contribution is 5.87. The van der Waals surface area contributed by atoms with E-state index in [-0.39, 0.29) is 52.0 Å². The molecule has 4 heterocycles. The Kier molecular flexibility index (Phi) is 12.4. The smallest absolute Gasteiger partial charge is 0.407 e. The lowest BCUT2D eigenvalue weighted by Crippen LogP contribution is -2.51. The van der Waals surface area contributed by atoms with Crippen LogP contribution in [0.5, 0.6) is 0 Å². The van der Waals surface area contributed by atoms with Gasteiger partial charge in [-0.3, -0.25) is 9.59 Å². The fourth-order valence-corrected chi connectivity index (χ4v) is 11.3. The monoisotopic (exact) mass is 889 g/mol. The molecule has 4 aliphatic rings. The summed E-state index contributed by atoms with van der Waals surface area (Å²) in [6.45, 7) is 17.5. The zero-order valence-corrected chi connectivity index (χ0v) is 39.9. The van der Waals surface area contributed by atoms with Crippen LogP contribution in [0.25, 0.3) is 33.6 Å². The van der Waals surface area contributed by atoms with Crippen LogP contribution in [0.15, 0.2) is 48.8 Å². The van der Waals surface area contributed by atoms with Gasteiger partial charge in [-0.1, -0.05) is 105 Å². The number of fused-ring (bicyclic) bond motifs is 1. The molecule has 14 heteroatoms. The highest BCUT2D eigenvalue weighted by Crippen LogP contribution is 2.53. The molecule has 2 aliphatic carbocycles.